The van der Waals surface area contributed by atoms with E-state index in [2.05, 4.69) is 15.9 Å². The number of halogens is 1. The predicted molar refractivity (Wildman–Crippen MR) is 58.4 cm³/mol. The smallest absolute Gasteiger partial charge is 0.407 e. The summed E-state index contributed by atoms with van der Waals surface area (Å²) in [5.74, 6) is -1.02. The fraction of sp³-hybridized carbons (Fsp3) is 0.200. The zero-order valence-electron chi connectivity index (χ0n) is 8.11. The van der Waals surface area contributed by atoms with Gasteiger partial charge in [0.15, 0.2) is 0 Å². The standard InChI is InChI=1S/C10H8BrNO4/c11-8-2-5(9(13)14)1-6-3-12(10(15)16)4-7(6)8/h1-2H,3-4H2,(H,13,14)(H,15,16). The van der Waals surface area contributed by atoms with Crippen molar-refractivity contribution >= 4 is 28.0 Å². The molecule has 1 heterocycles. The predicted octanol–water partition coefficient (Wildman–Crippen LogP) is 2.14. The van der Waals surface area contributed by atoms with E-state index in [-0.39, 0.29) is 12.1 Å². The Bertz CT molecular complexity index is 486. The number of nitrogens with zero attached hydrogens (tertiary/aromatic N) is 1. The summed E-state index contributed by atoms with van der Waals surface area (Å²) in [6, 6.07) is 3.01. The van der Waals surface area contributed by atoms with Gasteiger partial charge in [0.2, 0.25) is 0 Å². The highest BCUT2D eigenvalue weighted by Crippen LogP contribution is 2.30. The van der Waals surface area contributed by atoms with Crippen molar-refractivity contribution in [2.24, 2.45) is 0 Å². The maximum absolute atomic E-state index is 10.8. The van der Waals surface area contributed by atoms with Gasteiger partial charge in [-0.15, -0.1) is 0 Å². The second kappa shape index (κ2) is 3.79. The number of carboxylic acid groups (broad SMARTS) is 2. The van der Waals surface area contributed by atoms with Crippen LogP contribution in [0.1, 0.15) is 21.5 Å². The van der Waals surface area contributed by atoms with Gasteiger partial charge in [-0.2, -0.15) is 0 Å². The van der Waals surface area contributed by atoms with Crippen LogP contribution in [0.5, 0.6) is 0 Å². The van der Waals surface area contributed by atoms with E-state index in [4.69, 9.17) is 10.2 Å². The molecule has 0 fully saturated rings. The molecule has 1 aromatic carbocycles. The Hall–Kier alpha value is -1.56. The quantitative estimate of drug-likeness (QED) is 0.829. The van der Waals surface area contributed by atoms with Gasteiger partial charge in [-0.3, -0.25) is 4.90 Å². The number of hydrogen-bond donors (Lipinski definition) is 2. The molecule has 0 aromatic heterocycles. The van der Waals surface area contributed by atoms with Crippen molar-refractivity contribution in [2.45, 2.75) is 13.1 Å². The van der Waals surface area contributed by atoms with E-state index in [1.54, 1.807) is 0 Å². The SMILES string of the molecule is O=C(O)c1cc(Br)c2c(c1)CN(C(=O)O)C2. The molecule has 1 aromatic rings. The number of fused-ring (bicyclic) bond motifs is 1. The summed E-state index contributed by atoms with van der Waals surface area (Å²) >= 11 is 3.26. The molecule has 2 N–H and O–H groups in total. The third-order valence-corrected chi connectivity index (χ3v) is 3.22. The number of rotatable bonds is 1. The molecule has 1 amide bonds. The van der Waals surface area contributed by atoms with Crippen molar-refractivity contribution in [1.82, 2.24) is 4.90 Å². The second-order valence-corrected chi connectivity index (χ2v) is 4.39. The van der Waals surface area contributed by atoms with Crippen LogP contribution in [0, 0.1) is 0 Å². The summed E-state index contributed by atoms with van der Waals surface area (Å²) in [5.41, 5.74) is 1.75. The Morgan fingerprint density at radius 2 is 1.94 bits per heavy atom. The summed E-state index contributed by atoms with van der Waals surface area (Å²) in [5, 5.41) is 17.7. The molecule has 2 rings (SSSR count). The van der Waals surface area contributed by atoms with Crippen LogP contribution in [0.3, 0.4) is 0 Å². The molecule has 84 valence electrons. The van der Waals surface area contributed by atoms with Gasteiger partial charge in [0.25, 0.3) is 0 Å². The first kappa shape index (κ1) is 10.9. The molecular formula is C10H8BrNO4. The highest BCUT2D eigenvalue weighted by atomic mass is 79.9. The maximum Gasteiger partial charge on any atom is 0.407 e. The minimum Gasteiger partial charge on any atom is -0.478 e. The summed E-state index contributed by atoms with van der Waals surface area (Å²) in [6.07, 6.45) is -1.00. The van der Waals surface area contributed by atoms with Crippen LogP contribution < -0.4 is 0 Å². The average Bonchev–Trinajstić information content (AvgIpc) is 2.61. The lowest BCUT2D eigenvalue weighted by molar-refractivity contribution is 0.0696. The van der Waals surface area contributed by atoms with Crippen molar-refractivity contribution < 1.29 is 19.8 Å². The summed E-state index contributed by atoms with van der Waals surface area (Å²) in [6.45, 7) is 0.537. The van der Waals surface area contributed by atoms with Gasteiger partial charge in [-0.1, -0.05) is 15.9 Å². The molecule has 0 radical (unpaired) electrons. The third kappa shape index (κ3) is 1.76. The molecule has 0 spiro atoms. The molecule has 0 bridgehead atoms. The molecule has 16 heavy (non-hydrogen) atoms. The van der Waals surface area contributed by atoms with E-state index in [1.165, 1.54) is 17.0 Å². The topological polar surface area (TPSA) is 77.8 Å². The number of carbonyl (C=O) groups is 2. The van der Waals surface area contributed by atoms with Crippen LogP contribution >= 0.6 is 15.9 Å². The molecule has 0 unspecified atom stereocenters. The summed E-state index contributed by atoms with van der Waals surface area (Å²) in [7, 11) is 0. The Morgan fingerprint density at radius 1 is 1.25 bits per heavy atom. The van der Waals surface area contributed by atoms with Gasteiger partial charge in [-0.25, -0.2) is 9.59 Å². The van der Waals surface area contributed by atoms with E-state index in [0.717, 1.165) is 11.1 Å². The zero-order chi connectivity index (χ0) is 11.9. The number of carboxylic acids is 1. The highest BCUT2D eigenvalue weighted by Gasteiger charge is 2.25. The van der Waals surface area contributed by atoms with Gasteiger partial charge >= 0.3 is 12.1 Å². The lowest BCUT2D eigenvalue weighted by atomic mass is 10.1. The molecule has 0 saturated heterocycles. The minimum atomic E-state index is -1.02. The molecule has 6 heteroatoms. The van der Waals surface area contributed by atoms with E-state index in [1.807, 2.05) is 0 Å². The fourth-order valence-corrected chi connectivity index (χ4v) is 2.35. The second-order valence-electron chi connectivity index (χ2n) is 3.54. The Kier molecular flexibility index (Phi) is 2.59. The van der Waals surface area contributed by atoms with E-state index < -0.39 is 12.1 Å². The van der Waals surface area contributed by atoms with Crippen LogP contribution in [0.4, 0.5) is 4.79 Å². The fourth-order valence-electron chi connectivity index (χ4n) is 1.72. The zero-order valence-corrected chi connectivity index (χ0v) is 9.69. The van der Waals surface area contributed by atoms with Gasteiger partial charge in [-0.05, 0) is 23.3 Å². The Morgan fingerprint density at radius 3 is 2.50 bits per heavy atom. The average molecular weight is 286 g/mol. The van der Waals surface area contributed by atoms with Crippen molar-refractivity contribution in [3.63, 3.8) is 0 Å². The first-order chi connectivity index (χ1) is 7.49. The molecular weight excluding hydrogens is 278 g/mol. The van der Waals surface area contributed by atoms with Crippen molar-refractivity contribution in [2.75, 3.05) is 0 Å². The molecule has 1 aliphatic rings. The molecule has 1 aliphatic heterocycles. The maximum atomic E-state index is 10.8. The highest BCUT2D eigenvalue weighted by molar-refractivity contribution is 9.10. The van der Waals surface area contributed by atoms with Crippen LogP contribution in [0.25, 0.3) is 0 Å². The summed E-state index contributed by atoms with van der Waals surface area (Å²) in [4.78, 5) is 22.8. The summed E-state index contributed by atoms with van der Waals surface area (Å²) < 4.78 is 0.645. The first-order valence-corrected chi connectivity index (χ1v) is 5.31. The van der Waals surface area contributed by atoms with Crippen molar-refractivity contribution in [1.29, 1.82) is 0 Å². The normalized spacial score (nSPS) is 13.7. The van der Waals surface area contributed by atoms with Crippen LogP contribution in [-0.2, 0) is 13.1 Å². The number of amides is 1. The van der Waals surface area contributed by atoms with Gasteiger partial charge in [0, 0.05) is 11.0 Å². The van der Waals surface area contributed by atoms with Gasteiger partial charge in [0.1, 0.15) is 0 Å². The van der Waals surface area contributed by atoms with E-state index in [0.29, 0.717) is 11.0 Å². The molecule has 0 atom stereocenters. The molecule has 0 saturated carbocycles. The lowest BCUT2D eigenvalue weighted by Gasteiger charge is -2.08. The number of aromatic carboxylic acids is 1. The largest absolute Gasteiger partial charge is 0.478 e. The van der Waals surface area contributed by atoms with E-state index in [9.17, 15) is 9.59 Å². The minimum absolute atomic E-state index is 0.165. The first-order valence-electron chi connectivity index (χ1n) is 4.51. The van der Waals surface area contributed by atoms with Crippen molar-refractivity contribution in [3.05, 3.63) is 33.3 Å². The monoisotopic (exact) mass is 285 g/mol. The van der Waals surface area contributed by atoms with Gasteiger partial charge < -0.3 is 10.2 Å². The number of benzene rings is 1. The molecule has 0 aliphatic carbocycles. The lowest BCUT2D eigenvalue weighted by Crippen LogP contribution is -2.22. The van der Waals surface area contributed by atoms with Crippen LogP contribution in [0.15, 0.2) is 16.6 Å². The Labute approximate surface area is 99.4 Å². The Balaban J connectivity index is 2.42. The molecule has 5 nitrogen and oxygen atoms in total. The number of hydrogen-bond acceptors (Lipinski definition) is 2. The van der Waals surface area contributed by atoms with Crippen LogP contribution in [-0.4, -0.2) is 27.2 Å². The van der Waals surface area contributed by atoms with Crippen molar-refractivity contribution in [3.8, 4) is 0 Å². The van der Waals surface area contributed by atoms with Crippen LogP contribution in [0.2, 0.25) is 0 Å². The van der Waals surface area contributed by atoms with Gasteiger partial charge in [0.05, 0.1) is 12.1 Å². The van der Waals surface area contributed by atoms with E-state index >= 15 is 0 Å². The third-order valence-electron chi connectivity index (χ3n) is 2.52.